The third kappa shape index (κ3) is 2.19. The monoisotopic (exact) mass is 289 g/mol. The van der Waals surface area contributed by atoms with Crippen LogP contribution < -0.4 is 0 Å². The number of hydrogen-bond donors (Lipinski definition) is 1. The van der Waals surface area contributed by atoms with Gasteiger partial charge in [-0.2, -0.15) is 5.26 Å². The standard InChI is InChI=1S/C16H19NO2S/c1-11-7-12(10-17)5-6-15(11)16(18)8-13-3-2-4-14(9-16)20(13)19/h5-7,13-14,18H,2-4,8-9H2,1H3. The van der Waals surface area contributed by atoms with E-state index in [9.17, 15) is 9.32 Å². The van der Waals surface area contributed by atoms with E-state index in [1.54, 1.807) is 6.07 Å². The molecule has 3 rings (SSSR count). The van der Waals surface area contributed by atoms with Crippen molar-refractivity contribution in [2.45, 2.75) is 55.1 Å². The molecule has 0 aliphatic carbocycles. The highest BCUT2D eigenvalue weighted by molar-refractivity contribution is 7.86. The van der Waals surface area contributed by atoms with E-state index in [4.69, 9.17) is 5.26 Å². The van der Waals surface area contributed by atoms with Gasteiger partial charge in [-0.15, -0.1) is 0 Å². The fourth-order valence-corrected chi connectivity index (χ4v) is 5.98. The second-order valence-electron chi connectivity index (χ2n) is 6.08. The van der Waals surface area contributed by atoms with Crippen molar-refractivity contribution >= 4 is 10.8 Å². The summed E-state index contributed by atoms with van der Waals surface area (Å²) in [5.74, 6) is 0. The molecule has 1 aromatic carbocycles. The summed E-state index contributed by atoms with van der Waals surface area (Å²) >= 11 is 0. The minimum absolute atomic E-state index is 0.127. The summed E-state index contributed by atoms with van der Waals surface area (Å²) in [4.78, 5) is 0. The molecule has 3 nitrogen and oxygen atoms in total. The Hall–Kier alpha value is -1.18. The van der Waals surface area contributed by atoms with E-state index in [2.05, 4.69) is 6.07 Å². The first-order valence-corrected chi connectivity index (χ1v) is 8.44. The zero-order valence-electron chi connectivity index (χ0n) is 11.6. The number of fused-ring (bicyclic) bond motifs is 2. The summed E-state index contributed by atoms with van der Waals surface area (Å²) in [6.45, 7) is 1.94. The van der Waals surface area contributed by atoms with Crippen molar-refractivity contribution in [3.8, 4) is 6.07 Å². The first-order chi connectivity index (χ1) is 9.53. The molecule has 2 aliphatic rings. The Labute approximate surface area is 122 Å². The maximum absolute atomic E-state index is 12.3. The number of benzene rings is 1. The molecule has 2 heterocycles. The third-order valence-electron chi connectivity index (χ3n) is 4.70. The first kappa shape index (κ1) is 13.8. The van der Waals surface area contributed by atoms with Gasteiger partial charge in [0, 0.05) is 21.3 Å². The van der Waals surface area contributed by atoms with Crippen molar-refractivity contribution in [1.82, 2.24) is 0 Å². The smallest absolute Gasteiger partial charge is 0.0991 e. The van der Waals surface area contributed by atoms with Crippen LogP contribution in [-0.2, 0) is 16.4 Å². The molecular formula is C16H19NO2S. The van der Waals surface area contributed by atoms with E-state index < -0.39 is 16.4 Å². The molecule has 0 aromatic heterocycles. The number of nitrogens with zero attached hydrogens (tertiary/aromatic N) is 1. The van der Waals surface area contributed by atoms with Crippen molar-refractivity contribution in [3.05, 3.63) is 34.9 Å². The molecule has 1 N–H and O–H groups in total. The highest BCUT2D eigenvalue weighted by Crippen LogP contribution is 2.45. The van der Waals surface area contributed by atoms with E-state index >= 15 is 0 Å². The maximum Gasteiger partial charge on any atom is 0.0991 e. The van der Waals surface area contributed by atoms with Gasteiger partial charge in [-0.1, -0.05) is 12.5 Å². The predicted octanol–water partition coefficient (Wildman–Crippen LogP) is 2.52. The SMILES string of the molecule is Cc1cc(C#N)ccc1C1(O)CC2CCCC(C1)S2=O. The minimum atomic E-state index is -0.873. The quantitative estimate of drug-likeness (QED) is 0.864. The molecule has 0 saturated carbocycles. The topological polar surface area (TPSA) is 61.1 Å². The van der Waals surface area contributed by atoms with Gasteiger partial charge < -0.3 is 5.11 Å². The summed E-state index contributed by atoms with van der Waals surface area (Å²) in [6.07, 6.45) is 4.22. The Morgan fingerprint density at radius 3 is 2.55 bits per heavy atom. The second kappa shape index (κ2) is 4.98. The Balaban J connectivity index is 1.97. The molecule has 0 spiro atoms. The lowest BCUT2D eigenvalue weighted by molar-refractivity contribution is 0.00598. The number of nitriles is 1. The van der Waals surface area contributed by atoms with Crippen LogP contribution >= 0.6 is 0 Å². The van der Waals surface area contributed by atoms with E-state index in [0.717, 1.165) is 30.4 Å². The van der Waals surface area contributed by atoms with Crippen LogP contribution in [0.2, 0.25) is 0 Å². The van der Waals surface area contributed by atoms with Gasteiger partial charge in [0.25, 0.3) is 0 Å². The van der Waals surface area contributed by atoms with E-state index in [1.165, 1.54) is 0 Å². The first-order valence-electron chi connectivity index (χ1n) is 7.16. The summed E-state index contributed by atoms with van der Waals surface area (Å²) in [7, 11) is -0.781. The zero-order chi connectivity index (χ0) is 14.3. The van der Waals surface area contributed by atoms with Crippen LogP contribution in [0.5, 0.6) is 0 Å². The molecule has 4 heteroatoms. The van der Waals surface area contributed by atoms with E-state index in [-0.39, 0.29) is 10.5 Å². The number of aryl methyl sites for hydroxylation is 1. The molecule has 0 radical (unpaired) electrons. The Kier molecular flexibility index (Phi) is 3.43. The normalized spacial score (nSPS) is 36.4. The Morgan fingerprint density at radius 2 is 2.00 bits per heavy atom. The number of aliphatic hydroxyl groups is 1. The summed E-state index contributed by atoms with van der Waals surface area (Å²) in [6, 6.07) is 7.59. The van der Waals surface area contributed by atoms with Gasteiger partial charge in [0.1, 0.15) is 0 Å². The highest BCUT2D eigenvalue weighted by atomic mass is 32.2. The van der Waals surface area contributed by atoms with Crippen LogP contribution in [0.4, 0.5) is 0 Å². The molecule has 0 amide bonds. The molecule has 1 aromatic rings. The van der Waals surface area contributed by atoms with Gasteiger partial charge in [0.2, 0.25) is 0 Å². The van der Waals surface area contributed by atoms with Crippen LogP contribution in [0.1, 0.15) is 48.8 Å². The largest absolute Gasteiger partial charge is 0.385 e. The van der Waals surface area contributed by atoms with Gasteiger partial charge in [-0.05, 0) is 55.9 Å². The van der Waals surface area contributed by atoms with Gasteiger partial charge in [-0.25, -0.2) is 0 Å². The second-order valence-corrected chi connectivity index (χ2v) is 8.08. The molecule has 2 unspecified atom stereocenters. The van der Waals surface area contributed by atoms with Crippen molar-refractivity contribution in [1.29, 1.82) is 5.26 Å². The molecule has 2 fully saturated rings. The lowest BCUT2D eigenvalue weighted by Crippen LogP contribution is -2.47. The minimum Gasteiger partial charge on any atom is -0.385 e. The molecular weight excluding hydrogens is 270 g/mol. The van der Waals surface area contributed by atoms with Crippen LogP contribution in [0.25, 0.3) is 0 Å². The summed E-state index contributed by atoms with van der Waals surface area (Å²) in [5.41, 5.74) is 1.61. The van der Waals surface area contributed by atoms with Gasteiger partial charge >= 0.3 is 0 Å². The van der Waals surface area contributed by atoms with E-state index in [1.807, 2.05) is 19.1 Å². The lowest BCUT2D eigenvalue weighted by Gasteiger charge is -2.44. The maximum atomic E-state index is 12.3. The van der Waals surface area contributed by atoms with Crippen molar-refractivity contribution < 1.29 is 9.32 Å². The van der Waals surface area contributed by atoms with Crippen LogP contribution in [-0.4, -0.2) is 19.8 Å². The van der Waals surface area contributed by atoms with Crippen LogP contribution in [0, 0.1) is 18.3 Å². The summed E-state index contributed by atoms with van der Waals surface area (Å²) in [5, 5.41) is 20.3. The van der Waals surface area contributed by atoms with E-state index in [0.29, 0.717) is 18.4 Å². The molecule has 106 valence electrons. The van der Waals surface area contributed by atoms with Gasteiger partial charge in [0.15, 0.2) is 0 Å². The average Bonchev–Trinajstić information content (AvgIpc) is 2.40. The summed E-state index contributed by atoms with van der Waals surface area (Å²) < 4.78 is 12.3. The lowest BCUT2D eigenvalue weighted by atomic mass is 9.78. The molecule has 2 atom stereocenters. The highest BCUT2D eigenvalue weighted by Gasteiger charge is 2.46. The molecule has 20 heavy (non-hydrogen) atoms. The fraction of sp³-hybridized carbons (Fsp3) is 0.562. The van der Waals surface area contributed by atoms with Crippen molar-refractivity contribution in [3.63, 3.8) is 0 Å². The molecule has 2 saturated heterocycles. The zero-order valence-corrected chi connectivity index (χ0v) is 12.4. The molecule has 2 bridgehead atoms. The van der Waals surface area contributed by atoms with Crippen LogP contribution in [0.3, 0.4) is 0 Å². The average molecular weight is 289 g/mol. The third-order valence-corrected chi connectivity index (χ3v) is 6.82. The Bertz CT molecular complexity index is 589. The Morgan fingerprint density at radius 1 is 1.35 bits per heavy atom. The van der Waals surface area contributed by atoms with Crippen LogP contribution in [0.15, 0.2) is 18.2 Å². The number of rotatable bonds is 1. The van der Waals surface area contributed by atoms with Crippen molar-refractivity contribution in [2.24, 2.45) is 0 Å². The van der Waals surface area contributed by atoms with Gasteiger partial charge in [-0.3, -0.25) is 4.21 Å². The number of hydrogen-bond acceptors (Lipinski definition) is 3. The molecule has 2 aliphatic heterocycles. The predicted molar refractivity (Wildman–Crippen MR) is 78.6 cm³/mol. The fourth-order valence-electron chi connectivity index (χ4n) is 3.76. The van der Waals surface area contributed by atoms with Crippen molar-refractivity contribution in [2.75, 3.05) is 0 Å². The van der Waals surface area contributed by atoms with Gasteiger partial charge in [0.05, 0.1) is 17.2 Å².